The van der Waals surface area contributed by atoms with Gasteiger partial charge in [0.15, 0.2) is 6.10 Å². The number of hydrogen-bond donors (Lipinski definition) is 0. The highest BCUT2D eigenvalue weighted by Crippen LogP contribution is 2.44. The average molecular weight is 405 g/mol. The van der Waals surface area contributed by atoms with E-state index in [1.807, 2.05) is 37.3 Å². The van der Waals surface area contributed by atoms with Crippen LogP contribution in [0.2, 0.25) is 10.0 Å². The Labute approximate surface area is 167 Å². The van der Waals surface area contributed by atoms with Crippen LogP contribution in [0.3, 0.4) is 0 Å². The quantitative estimate of drug-likeness (QED) is 0.705. The van der Waals surface area contributed by atoms with Crippen molar-refractivity contribution in [2.24, 2.45) is 5.92 Å². The van der Waals surface area contributed by atoms with Gasteiger partial charge in [-0.1, -0.05) is 60.8 Å². The Hall–Kier alpha value is -2.08. The largest absolute Gasteiger partial charge is 0.273 e. The number of amides is 2. The second-order valence-corrected chi connectivity index (χ2v) is 7.47. The molecule has 2 aromatic carbocycles. The molecule has 0 bridgehead atoms. The maximum atomic E-state index is 13.2. The van der Waals surface area contributed by atoms with E-state index in [9.17, 15) is 9.59 Å². The molecule has 0 aromatic heterocycles. The van der Waals surface area contributed by atoms with E-state index >= 15 is 0 Å². The zero-order valence-corrected chi connectivity index (χ0v) is 16.2. The number of nitrogens with zero attached hydrogens (tertiary/aromatic N) is 2. The van der Waals surface area contributed by atoms with E-state index in [0.29, 0.717) is 0 Å². The maximum absolute atomic E-state index is 13.2. The highest BCUT2D eigenvalue weighted by molar-refractivity contribution is 6.42. The first-order chi connectivity index (χ1) is 13.0. The third-order valence-electron chi connectivity index (χ3n) is 4.99. The molecule has 2 fully saturated rings. The summed E-state index contributed by atoms with van der Waals surface area (Å²) < 4.78 is 0. The van der Waals surface area contributed by atoms with Gasteiger partial charge in [0.25, 0.3) is 5.91 Å². The van der Waals surface area contributed by atoms with Crippen LogP contribution >= 0.6 is 23.2 Å². The molecule has 2 heterocycles. The van der Waals surface area contributed by atoms with Crippen molar-refractivity contribution >= 4 is 46.4 Å². The van der Waals surface area contributed by atoms with E-state index in [-0.39, 0.29) is 27.7 Å². The molecule has 5 nitrogen and oxygen atoms in total. The Morgan fingerprint density at radius 1 is 0.963 bits per heavy atom. The van der Waals surface area contributed by atoms with E-state index in [0.717, 1.165) is 23.4 Å². The lowest BCUT2D eigenvalue weighted by Gasteiger charge is -2.28. The average Bonchev–Trinajstić information content (AvgIpc) is 3.14. The van der Waals surface area contributed by atoms with Gasteiger partial charge in [-0.25, -0.2) is 9.96 Å². The minimum Gasteiger partial charge on any atom is -0.273 e. The molecule has 0 N–H and O–H groups in total. The second kappa shape index (κ2) is 7.15. The maximum Gasteiger partial charge on any atom is 0.266 e. The predicted octanol–water partition coefficient (Wildman–Crippen LogP) is 4.47. The number of para-hydroxylation sites is 2. The van der Waals surface area contributed by atoms with Crippen LogP contribution in [0, 0.1) is 5.92 Å². The van der Waals surface area contributed by atoms with E-state index in [2.05, 4.69) is 0 Å². The van der Waals surface area contributed by atoms with Crippen molar-refractivity contribution in [2.45, 2.75) is 31.9 Å². The molecule has 3 atom stereocenters. The molecule has 27 heavy (non-hydrogen) atoms. The molecule has 140 valence electrons. The number of carbonyl (C=O) groups is 2. The highest BCUT2D eigenvalue weighted by Gasteiger charge is 2.59. The number of rotatable bonds is 4. The molecule has 0 saturated carbocycles. The van der Waals surface area contributed by atoms with Gasteiger partial charge in [0.05, 0.1) is 33.4 Å². The first-order valence-corrected chi connectivity index (χ1v) is 9.63. The Balaban J connectivity index is 1.72. The van der Waals surface area contributed by atoms with Gasteiger partial charge in [-0.15, -0.1) is 0 Å². The second-order valence-electron chi connectivity index (χ2n) is 6.65. The van der Waals surface area contributed by atoms with Gasteiger partial charge in [-0.3, -0.25) is 14.4 Å². The molecule has 7 heteroatoms. The first-order valence-electron chi connectivity index (χ1n) is 8.87. The van der Waals surface area contributed by atoms with Crippen LogP contribution in [-0.4, -0.2) is 24.0 Å². The van der Waals surface area contributed by atoms with Crippen LogP contribution in [0.1, 0.15) is 19.8 Å². The lowest BCUT2D eigenvalue weighted by atomic mass is 9.93. The molecule has 2 saturated heterocycles. The topological polar surface area (TPSA) is 49.9 Å². The van der Waals surface area contributed by atoms with Crippen LogP contribution in [0.25, 0.3) is 0 Å². The number of hydroxylamine groups is 1. The summed E-state index contributed by atoms with van der Waals surface area (Å²) in [5.74, 6) is -1.35. The number of imide groups is 1. The Bertz CT molecular complexity index is 870. The van der Waals surface area contributed by atoms with Gasteiger partial charge in [0.2, 0.25) is 5.91 Å². The molecular weight excluding hydrogens is 387 g/mol. The monoisotopic (exact) mass is 404 g/mol. The van der Waals surface area contributed by atoms with E-state index in [1.54, 1.807) is 23.3 Å². The lowest BCUT2D eigenvalue weighted by molar-refractivity contribution is -0.126. The zero-order chi connectivity index (χ0) is 19.1. The van der Waals surface area contributed by atoms with Crippen molar-refractivity contribution < 1.29 is 14.4 Å². The van der Waals surface area contributed by atoms with Crippen molar-refractivity contribution in [1.82, 2.24) is 0 Å². The molecule has 0 unspecified atom stereocenters. The van der Waals surface area contributed by atoms with Gasteiger partial charge >= 0.3 is 0 Å². The molecular formula is C20H18Cl2N2O3. The van der Waals surface area contributed by atoms with Gasteiger partial charge in [-0.05, 0) is 30.7 Å². The smallest absolute Gasteiger partial charge is 0.266 e. The highest BCUT2D eigenvalue weighted by atomic mass is 35.5. The molecule has 4 rings (SSSR count). The van der Waals surface area contributed by atoms with Crippen LogP contribution < -0.4 is 9.96 Å². The van der Waals surface area contributed by atoms with Crippen molar-refractivity contribution in [3.05, 3.63) is 58.6 Å². The van der Waals surface area contributed by atoms with Crippen LogP contribution in [-0.2, 0) is 14.4 Å². The van der Waals surface area contributed by atoms with Crippen LogP contribution in [0.15, 0.2) is 48.5 Å². The standard InChI is InChI=1S/C20H18Cl2N2O3/c1-2-7-15-16-18(27-24(15)12-8-4-3-5-9-12)20(26)23(19(16)25)17-13(21)10-6-11-14(17)22/h3-6,8-11,15-16,18H,2,7H2,1H3/t15-,16+,18+/m1/s1. The van der Waals surface area contributed by atoms with Crippen molar-refractivity contribution in [3.63, 3.8) is 0 Å². The summed E-state index contributed by atoms with van der Waals surface area (Å²) in [6.45, 7) is 2.04. The van der Waals surface area contributed by atoms with Crippen molar-refractivity contribution in [2.75, 3.05) is 9.96 Å². The summed E-state index contributed by atoms with van der Waals surface area (Å²) in [5.41, 5.74) is 1.06. The fourth-order valence-electron chi connectivity index (χ4n) is 3.83. The SMILES string of the molecule is CCC[C@@H]1[C@@H]2C(=O)N(c3c(Cl)cccc3Cl)C(=O)[C@H]2ON1c1ccccc1. The van der Waals surface area contributed by atoms with Crippen LogP contribution in [0.5, 0.6) is 0 Å². The summed E-state index contributed by atoms with van der Waals surface area (Å²) in [5, 5.41) is 2.23. The van der Waals surface area contributed by atoms with Gasteiger partial charge in [-0.2, -0.15) is 0 Å². The van der Waals surface area contributed by atoms with E-state index in [4.69, 9.17) is 28.0 Å². The molecule has 2 aliphatic heterocycles. The Kier molecular flexibility index (Phi) is 4.84. The minimum absolute atomic E-state index is 0.231. The number of halogens is 2. The number of hydrogen-bond acceptors (Lipinski definition) is 4. The van der Waals surface area contributed by atoms with Crippen LogP contribution in [0.4, 0.5) is 11.4 Å². The summed E-state index contributed by atoms with van der Waals surface area (Å²) in [6, 6.07) is 14.2. The molecule has 0 radical (unpaired) electrons. The van der Waals surface area contributed by atoms with E-state index < -0.39 is 17.9 Å². The number of benzene rings is 2. The third kappa shape index (κ3) is 2.90. The number of anilines is 2. The summed E-state index contributed by atoms with van der Waals surface area (Å²) >= 11 is 12.5. The minimum atomic E-state index is -0.874. The summed E-state index contributed by atoms with van der Waals surface area (Å²) in [7, 11) is 0. The third-order valence-corrected chi connectivity index (χ3v) is 5.60. The Morgan fingerprint density at radius 3 is 2.26 bits per heavy atom. The van der Waals surface area contributed by atoms with Gasteiger partial charge in [0.1, 0.15) is 0 Å². The normalized spacial score (nSPS) is 24.6. The zero-order valence-electron chi connectivity index (χ0n) is 14.6. The molecule has 0 spiro atoms. The van der Waals surface area contributed by atoms with E-state index in [1.165, 1.54) is 0 Å². The fraction of sp³-hybridized carbons (Fsp3) is 0.300. The number of fused-ring (bicyclic) bond motifs is 1. The fourth-order valence-corrected chi connectivity index (χ4v) is 4.40. The molecule has 2 aliphatic rings. The van der Waals surface area contributed by atoms with Crippen molar-refractivity contribution in [1.29, 1.82) is 0 Å². The van der Waals surface area contributed by atoms with Crippen molar-refractivity contribution in [3.8, 4) is 0 Å². The lowest BCUT2D eigenvalue weighted by Crippen LogP contribution is -2.40. The van der Waals surface area contributed by atoms with Gasteiger partial charge < -0.3 is 0 Å². The molecule has 2 aromatic rings. The number of carbonyl (C=O) groups excluding carboxylic acids is 2. The predicted molar refractivity (Wildman–Crippen MR) is 105 cm³/mol. The molecule has 2 amide bonds. The summed E-state index contributed by atoms with van der Waals surface area (Å²) in [6.07, 6.45) is 0.704. The molecule has 0 aliphatic carbocycles. The first kappa shape index (κ1) is 18.3. The van der Waals surface area contributed by atoms with Gasteiger partial charge in [0, 0.05) is 0 Å². The Morgan fingerprint density at radius 2 is 1.63 bits per heavy atom. The summed E-state index contributed by atoms with van der Waals surface area (Å²) in [4.78, 5) is 33.4.